The molecule has 3 aromatic rings. The number of carbonyl (C=O) groups excluding carboxylic acids is 2. The number of hydrogen-bond acceptors (Lipinski definition) is 6. The van der Waals surface area contributed by atoms with Crippen molar-refractivity contribution in [1.29, 1.82) is 0 Å². The van der Waals surface area contributed by atoms with Gasteiger partial charge in [0.15, 0.2) is 6.23 Å². The zero-order valence-electron chi connectivity index (χ0n) is 19.7. The van der Waals surface area contributed by atoms with Crippen LogP contribution in [-0.2, 0) is 20.1 Å². The van der Waals surface area contributed by atoms with Crippen molar-refractivity contribution in [3.05, 3.63) is 75.5 Å². The molecule has 0 saturated carbocycles. The van der Waals surface area contributed by atoms with Crippen molar-refractivity contribution in [2.45, 2.75) is 37.8 Å². The van der Waals surface area contributed by atoms with E-state index in [4.69, 9.17) is 32.9 Å². The molecule has 1 aromatic heterocycles. The van der Waals surface area contributed by atoms with Gasteiger partial charge in [-0.25, -0.2) is 9.90 Å². The van der Waals surface area contributed by atoms with Gasteiger partial charge in [0, 0.05) is 33.7 Å². The van der Waals surface area contributed by atoms with Crippen LogP contribution in [0.3, 0.4) is 0 Å². The number of carbonyl (C=O) groups is 2. The maximum Gasteiger partial charge on any atom is 0.435 e. The normalized spacial score (nSPS) is 21.5. The van der Waals surface area contributed by atoms with E-state index in [-0.39, 0.29) is 44.9 Å². The van der Waals surface area contributed by atoms with Crippen LogP contribution in [0.25, 0.3) is 10.8 Å². The molecule has 198 valence electrons. The van der Waals surface area contributed by atoms with E-state index in [1.807, 2.05) is 0 Å². The van der Waals surface area contributed by atoms with Gasteiger partial charge in [-0.05, 0) is 30.5 Å². The molecule has 1 N–H and O–H groups in total. The lowest BCUT2D eigenvalue weighted by molar-refractivity contribution is -0.275. The van der Waals surface area contributed by atoms with Crippen LogP contribution in [0.15, 0.2) is 53.8 Å². The SMILES string of the molecule is CCN1O[C@@H](NC(=O)c2cnc(C3=NOC(c4cc(Cl)cc(Cl)c4)(C(F)(F)F)C3)c3ccccc23)CC1=O. The number of nitrogens with zero attached hydrogens (tertiary/aromatic N) is 3. The topological polar surface area (TPSA) is 93.1 Å². The van der Waals surface area contributed by atoms with Gasteiger partial charge in [-0.3, -0.25) is 14.6 Å². The average Bonchev–Trinajstić information content (AvgIpc) is 3.47. The number of oxime groups is 1. The van der Waals surface area contributed by atoms with E-state index in [2.05, 4.69) is 15.5 Å². The van der Waals surface area contributed by atoms with E-state index >= 15 is 0 Å². The Morgan fingerprint density at radius 2 is 1.87 bits per heavy atom. The minimum Gasteiger partial charge on any atom is -0.374 e. The van der Waals surface area contributed by atoms with Crippen LogP contribution in [0.1, 0.15) is 41.4 Å². The molecule has 8 nitrogen and oxygen atoms in total. The van der Waals surface area contributed by atoms with Gasteiger partial charge in [-0.15, -0.1) is 0 Å². The van der Waals surface area contributed by atoms with Crippen molar-refractivity contribution in [1.82, 2.24) is 15.4 Å². The zero-order chi connectivity index (χ0) is 27.2. The molecular formula is C25H19Cl2F3N4O4. The second-order valence-corrected chi connectivity index (χ2v) is 9.59. The van der Waals surface area contributed by atoms with Crippen molar-refractivity contribution >= 4 is 51.5 Å². The molecule has 2 aliphatic heterocycles. The van der Waals surface area contributed by atoms with E-state index < -0.39 is 30.3 Å². The Labute approximate surface area is 224 Å². The number of hydrogen-bond donors (Lipinski definition) is 1. The molecule has 0 aliphatic carbocycles. The summed E-state index contributed by atoms with van der Waals surface area (Å²) < 4.78 is 43.2. The first-order valence-electron chi connectivity index (χ1n) is 11.5. The van der Waals surface area contributed by atoms with Gasteiger partial charge in [-0.2, -0.15) is 13.2 Å². The molecule has 2 aromatic carbocycles. The molecule has 5 rings (SSSR count). The van der Waals surface area contributed by atoms with E-state index in [9.17, 15) is 22.8 Å². The van der Waals surface area contributed by atoms with Crippen molar-refractivity contribution in [2.24, 2.45) is 5.16 Å². The van der Waals surface area contributed by atoms with Crippen molar-refractivity contribution in [3.8, 4) is 0 Å². The molecule has 2 atom stereocenters. The molecule has 0 radical (unpaired) electrons. The standard InChI is InChI=1S/C25H19Cl2F3N4O4/c1-2-34-21(35)10-20(37-34)32-23(36)18-12-31-22(17-6-4-3-5-16(17)18)19-11-24(38-33-19,25(28,29)30)13-7-14(26)9-15(27)8-13/h3-9,12,20H,2,10-11H2,1H3,(H,32,36)/t20-,24?/m1/s1. The first-order chi connectivity index (χ1) is 18.0. The van der Waals surface area contributed by atoms with Crippen molar-refractivity contribution in [3.63, 3.8) is 0 Å². The molecule has 0 bridgehead atoms. The lowest BCUT2D eigenvalue weighted by Crippen LogP contribution is -2.42. The van der Waals surface area contributed by atoms with E-state index in [1.165, 1.54) is 12.3 Å². The predicted octanol–water partition coefficient (Wildman–Crippen LogP) is 5.36. The van der Waals surface area contributed by atoms with Crippen molar-refractivity contribution < 1.29 is 32.4 Å². The van der Waals surface area contributed by atoms with Gasteiger partial charge in [-0.1, -0.05) is 52.6 Å². The first kappa shape index (κ1) is 26.2. The number of halogens is 5. The summed E-state index contributed by atoms with van der Waals surface area (Å²) in [7, 11) is 0. The van der Waals surface area contributed by atoms with Crippen LogP contribution >= 0.6 is 23.2 Å². The number of pyridine rings is 1. The summed E-state index contributed by atoms with van der Waals surface area (Å²) in [6, 6.07) is 10.2. The van der Waals surface area contributed by atoms with Crippen LogP contribution in [0.5, 0.6) is 0 Å². The average molecular weight is 567 g/mol. The van der Waals surface area contributed by atoms with Crippen LogP contribution in [0, 0.1) is 0 Å². The number of alkyl halides is 3. The molecule has 2 aliphatic rings. The summed E-state index contributed by atoms with van der Waals surface area (Å²) in [4.78, 5) is 39.8. The first-order valence-corrected chi connectivity index (χ1v) is 12.2. The smallest absolute Gasteiger partial charge is 0.374 e. The number of benzene rings is 2. The van der Waals surface area contributed by atoms with Crippen LogP contribution in [-0.4, -0.2) is 46.5 Å². The van der Waals surface area contributed by atoms with Crippen molar-refractivity contribution in [2.75, 3.05) is 6.54 Å². The number of nitrogens with one attached hydrogen (secondary N) is 1. The fourth-order valence-corrected chi connectivity index (χ4v) is 5.01. The Kier molecular flexibility index (Phi) is 6.70. The fraction of sp³-hybridized carbons (Fsp3) is 0.280. The summed E-state index contributed by atoms with van der Waals surface area (Å²) >= 11 is 12.0. The molecule has 3 heterocycles. The lowest BCUT2D eigenvalue weighted by Gasteiger charge is -2.29. The van der Waals surface area contributed by atoms with E-state index in [0.717, 1.165) is 17.2 Å². The third-order valence-electron chi connectivity index (χ3n) is 6.30. The molecule has 38 heavy (non-hydrogen) atoms. The Morgan fingerprint density at radius 1 is 1.18 bits per heavy atom. The number of rotatable bonds is 5. The monoisotopic (exact) mass is 566 g/mol. The van der Waals surface area contributed by atoms with Gasteiger partial charge in [0.05, 0.1) is 24.1 Å². The number of aromatic nitrogens is 1. The number of amides is 2. The maximum absolute atomic E-state index is 14.4. The molecular weight excluding hydrogens is 548 g/mol. The van der Waals surface area contributed by atoms with Gasteiger partial charge in [0.25, 0.3) is 17.4 Å². The second-order valence-electron chi connectivity index (χ2n) is 8.72. The third-order valence-corrected chi connectivity index (χ3v) is 6.74. The maximum atomic E-state index is 14.4. The molecule has 13 heteroatoms. The molecule has 1 saturated heterocycles. The van der Waals surface area contributed by atoms with Gasteiger partial charge in [0.2, 0.25) is 0 Å². The van der Waals surface area contributed by atoms with Gasteiger partial charge in [0.1, 0.15) is 5.71 Å². The quantitative estimate of drug-likeness (QED) is 0.448. The number of fused-ring (bicyclic) bond motifs is 1. The molecule has 2 amide bonds. The van der Waals surface area contributed by atoms with Gasteiger partial charge < -0.3 is 10.2 Å². The highest BCUT2D eigenvalue weighted by atomic mass is 35.5. The largest absolute Gasteiger partial charge is 0.435 e. The Hall–Kier alpha value is -3.41. The third kappa shape index (κ3) is 4.55. The minimum absolute atomic E-state index is 0.0158. The van der Waals surface area contributed by atoms with E-state index in [1.54, 1.807) is 31.2 Å². The highest BCUT2D eigenvalue weighted by molar-refractivity contribution is 6.34. The van der Waals surface area contributed by atoms with Crippen LogP contribution in [0.2, 0.25) is 10.0 Å². The Balaban J connectivity index is 1.48. The molecule has 0 spiro atoms. The highest BCUT2D eigenvalue weighted by Gasteiger charge is 2.62. The Bertz CT molecular complexity index is 1460. The minimum atomic E-state index is -4.87. The summed E-state index contributed by atoms with van der Waals surface area (Å²) in [5.74, 6) is -0.816. The molecule has 1 unspecified atom stereocenters. The van der Waals surface area contributed by atoms with Gasteiger partial charge >= 0.3 is 6.18 Å². The summed E-state index contributed by atoms with van der Waals surface area (Å²) in [6.07, 6.45) is -5.19. The molecule has 1 fully saturated rings. The zero-order valence-corrected chi connectivity index (χ0v) is 21.2. The van der Waals surface area contributed by atoms with Crippen LogP contribution < -0.4 is 5.32 Å². The second kappa shape index (κ2) is 9.72. The summed E-state index contributed by atoms with van der Waals surface area (Å²) in [6.45, 7) is 2.07. The van der Waals surface area contributed by atoms with Crippen LogP contribution in [0.4, 0.5) is 13.2 Å². The highest BCUT2D eigenvalue weighted by Crippen LogP contribution is 2.50. The lowest BCUT2D eigenvalue weighted by atomic mass is 9.86. The van der Waals surface area contributed by atoms with E-state index in [0.29, 0.717) is 17.3 Å². The Morgan fingerprint density at radius 3 is 2.50 bits per heavy atom. The summed E-state index contributed by atoms with van der Waals surface area (Å²) in [5.41, 5.74) is -2.91. The fourth-order valence-electron chi connectivity index (χ4n) is 4.48. The number of hydroxylamine groups is 2. The predicted molar refractivity (Wildman–Crippen MR) is 133 cm³/mol. The summed E-state index contributed by atoms with van der Waals surface area (Å²) in [5, 5.41) is 8.42.